The lowest BCUT2D eigenvalue weighted by Gasteiger charge is -2.25. The first kappa shape index (κ1) is 11.6. The molecule has 2 saturated carbocycles. The summed E-state index contributed by atoms with van der Waals surface area (Å²) in [6.07, 6.45) is 10.00. The minimum absolute atomic E-state index is 0.0612. The van der Waals surface area contributed by atoms with Crippen LogP contribution in [0.4, 0.5) is 5.69 Å². The normalized spacial score (nSPS) is 19.3. The third kappa shape index (κ3) is 3.03. The lowest BCUT2D eigenvalue weighted by atomic mass is 9.85. The molecule has 5 nitrogen and oxygen atoms in total. The largest absolute Gasteiger partial charge is 0.382 e. The van der Waals surface area contributed by atoms with Crippen molar-refractivity contribution in [1.82, 2.24) is 15.1 Å². The van der Waals surface area contributed by atoms with Crippen LogP contribution in [0.3, 0.4) is 0 Å². The van der Waals surface area contributed by atoms with Crippen molar-refractivity contribution in [3.8, 4) is 0 Å². The van der Waals surface area contributed by atoms with Crippen LogP contribution in [-0.2, 0) is 11.3 Å². The highest BCUT2D eigenvalue weighted by molar-refractivity contribution is 5.76. The smallest absolute Gasteiger partial charge is 0.241 e. The first-order valence-corrected chi connectivity index (χ1v) is 6.85. The van der Waals surface area contributed by atoms with Crippen LogP contribution < -0.4 is 10.6 Å². The molecule has 2 fully saturated rings. The van der Waals surface area contributed by atoms with Crippen LogP contribution in [0.25, 0.3) is 0 Å². The summed E-state index contributed by atoms with van der Waals surface area (Å²) in [6.45, 7) is 1.35. The van der Waals surface area contributed by atoms with E-state index in [-0.39, 0.29) is 5.91 Å². The van der Waals surface area contributed by atoms with Gasteiger partial charge >= 0.3 is 0 Å². The fourth-order valence-corrected chi connectivity index (χ4v) is 2.15. The monoisotopic (exact) mass is 248 g/mol. The molecule has 0 unspecified atom stereocenters. The van der Waals surface area contributed by atoms with E-state index in [2.05, 4.69) is 15.7 Å². The Labute approximate surface area is 107 Å². The van der Waals surface area contributed by atoms with Gasteiger partial charge in [-0.2, -0.15) is 5.10 Å². The number of rotatable bonds is 6. The van der Waals surface area contributed by atoms with Crippen LogP contribution in [0, 0.1) is 5.92 Å². The molecule has 0 aliphatic heterocycles. The fourth-order valence-electron chi connectivity index (χ4n) is 2.15. The molecule has 18 heavy (non-hydrogen) atoms. The summed E-state index contributed by atoms with van der Waals surface area (Å²) in [7, 11) is 0. The first-order valence-electron chi connectivity index (χ1n) is 6.85. The van der Waals surface area contributed by atoms with Crippen molar-refractivity contribution in [2.24, 2.45) is 5.92 Å². The van der Waals surface area contributed by atoms with E-state index in [1.807, 2.05) is 6.20 Å². The molecular weight excluding hydrogens is 228 g/mol. The molecule has 0 saturated heterocycles. The van der Waals surface area contributed by atoms with Crippen molar-refractivity contribution >= 4 is 11.6 Å². The maximum atomic E-state index is 11.6. The summed E-state index contributed by atoms with van der Waals surface area (Å²) in [6, 6.07) is 0.421. The predicted octanol–water partition coefficient (Wildman–Crippen LogP) is 1.37. The molecule has 98 valence electrons. The van der Waals surface area contributed by atoms with Crippen molar-refractivity contribution in [2.45, 2.75) is 44.7 Å². The second-order valence-corrected chi connectivity index (χ2v) is 5.45. The van der Waals surface area contributed by atoms with E-state index in [4.69, 9.17) is 0 Å². The summed E-state index contributed by atoms with van der Waals surface area (Å²) >= 11 is 0. The number of carbonyl (C=O) groups is 1. The minimum Gasteiger partial charge on any atom is -0.382 e. The second kappa shape index (κ2) is 5.00. The SMILES string of the molecule is O=C(Cn1cc(NCC2CCC2)cn1)NC1CC1. The zero-order valence-electron chi connectivity index (χ0n) is 10.6. The van der Waals surface area contributed by atoms with Crippen molar-refractivity contribution in [1.29, 1.82) is 0 Å². The Hall–Kier alpha value is -1.52. The third-order valence-electron chi connectivity index (χ3n) is 3.70. The van der Waals surface area contributed by atoms with Crippen molar-refractivity contribution < 1.29 is 4.79 Å². The summed E-state index contributed by atoms with van der Waals surface area (Å²) < 4.78 is 1.70. The Morgan fingerprint density at radius 1 is 1.39 bits per heavy atom. The van der Waals surface area contributed by atoms with Gasteiger partial charge in [0, 0.05) is 18.8 Å². The molecule has 0 atom stereocenters. The average molecular weight is 248 g/mol. The quantitative estimate of drug-likeness (QED) is 0.799. The average Bonchev–Trinajstić information content (AvgIpc) is 2.96. The highest BCUT2D eigenvalue weighted by Gasteiger charge is 2.23. The van der Waals surface area contributed by atoms with Gasteiger partial charge in [0.2, 0.25) is 5.91 Å². The van der Waals surface area contributed by atoms with E-state index in [0.717, 1.165) is 31.0 Å². The molecule has 1 aromatic heterocycles. The molecule has 0 spiro atoms. The summed E-state index contributed by atoms with van der Waals surface area (Å²) in [5.41, 5.74) is 1.01. The van der Waals surface area contributed by atoms with Gasteiger partial charge in [-0.05, 0) is 31.6 Å². The Bertz CT molecular complexity index is 420. The molecule has 1 heterocycles. The lowest BCUT2D eigenvalue weighted by molar-refractivity contribution is -0.122. The Balaban J connectivity index is 1.44. The van der Waals surface area contributed by atoms with E-state index in [0.29, 0.717) is 12.6 Å². The fraction of sp³-hybridized carbons (Fsp3) is 0.692. The van der Waals surface area contributed by atoms with E-state index < -0.39 is 0 Å². The van der Waals surface area contributed by atoms with Gasteiger partial charge in [-0.15, -0.1) is 0 Å². The van der Waals surface area contributed by atoms with Crippen LogP contribution in [0.15, 0.2) is 12.4 Å². The molecule has 3 rings (SSSR count). The van der Waals surface area contributed by atoms with Gasteiger partial charge in [0.15, 0.2) is 0 Å². The summed E-state index contributed by atoms with van der Waals surface area (Å²) in [5.74, 6) is 0.887. The first-order chi connectivity index (χ1) is 8.79. The summed E-state index contributed by atoms with van der Waals surface area (Å²) in [5, 5.41) is 10.5. The molecule has 0 radical (unpaired) electrons. The maximum Gasteiger partial charge on any atom is 0.241 e. The topological polar surface area (TPSA) is 59.0 Å². The van der Waals surface area contributed by atoms with Gasteiger partial charge in [0.1, 0.15) is 6.54 Å². The number of nitrogens with one attached hydrogen (secondary N) is 2. The lowest BCUT2D eigenvalue weighted by Crippen LogP contribution is -2.29. The molecule has 2 aliphatic carbocycles. The molecule has 2 N–H and O–H groups in total. The number of aromatic nitrogens is 2. The van der Waals surface area contributed by atoms with Crippen LogP contribution in [0.1, 0.15) is 32.1 Å². The molecule has 1 aromatic rings. The van der Waals surface area contributed by atoms with Crippen molar-refractivity contribution in [3.63, 3.8) is 0 Å². The van der Waals surface area contributed by atoms with E-state index in [1.165, 1.54) is 19.3 Å². The number of nitrogens with zero attached hydrogens (tertiary/aromatic N) is 2. The number of anilines is 1. The third-order valence-corrected chi connectivity index (χ3v) is 3.70. The summed E-state index contributed by atoms with van der Waals surface area (Å²) in [4.78, 5) is 11.6. The van der Waals surface area contributed by atoms with E-state index in [9.17, 15) is 4.79 Å². The minimum atomic E-state index is 0.0612. The number of carbonyl (C=O) groups excluding carboxylic acids is 1. The number of amides is 1. The van der Waals surface area contributed by atoms with Gasteiger partial charge in [-0.25, -0.2) is 0 Å². The van der Waals surface area contributed by atoms with Crippen LogP contribution >= 0.6 is 0 Å². The van der Waals surface area contributed by atoms with E-state index in [1.54, 1.807) is 10.9 Å². The molecule has 5 heteroatoms. The van der Waals surface area contributed by atoms with Crippen molar-refractivity contribution in [3.05, 3.63) is 12.4 Å². The molecule has 1 amide bonds. The maximum absolute atomic E-state index is 11.6. The van der Waals surface area contributed by atoms with Gasteiger partial charge in [0.25, 0.3) is 0 Å². The van der Waals surface area contributed by atoms with Gasteiger partial charge in [-0.3, -0.25) is 9.48 Å². The zero-order valence-corrected chi connectivity index (χ0v) is 10.6. The molecular formula is C13H20N4O. The van der Waals surface area contributed by atoms with Gasteiger partial charge in [0.05, 0.1) is 11.9 Å². The van der Waals surface area contributed by atoms with Crippen LogP contribution in [0.2, 0.25) is 0 Å². The van der Waals surface area contributed by atoms with Gasteiger partial charge < -0.3 is 10.6 Å². The highest BCUT2D eigenvalue weighted by atomic mass is 16.2. The Morgan fingerprint density at radius 2 is 2.22 bits per heavy atom. The van der Waals surface area contributed by atoms with Crippen LogP contribution in [0.5, 0.6) is 0 Å². The second-order valence-electron chi connectivity index (χ2n) is 5.45. The molecule has 0 bridgehead atoms. The van der Waals surface area contributed by atoms with E-state index >= 15 is 0 Å². The van der Waals surface area contributed by atoms with Gasteiger partial charge in [-0.1, -0.05) is 6.42 Å². The Morgan fingerprint density at radius 3 is 2.89 bits per heavy atom. The molecule has 2 aliphatic rings. The zero-order chi connectivity index (χ0) is 12.4. The number of hydrogen-bond donors (Lipinski definition) is 2. The van der Waals surface area contributed by atoms with Crippen LogP contribution in [-0.4, -0.2) is 28.3 Å². The highest BCUT2D eigenvalue weighted by Crippen LogP contribution is 2.26. The predicted molar refractivity (Wildman–Crippen MR) is 69.2 cm³/mol. The number of hydrogen-bond acceptors (Lipinski definition) is 3. The standard InChI is InChI=1S/C13H20N4O/c18-13(16-11-4-5-11)9-17-8-12(7-15-17)14-6-10-2-1-3-10/h7-8,10-11,14H,1-6,9H2,(H,16,18). The Kier molecular flexibility index (Phi) is 3.21. The van der Waals surface area contributed by atoms with Crippen molar-refractivity contribution in [2.75, 3.05) is 11.9 Å². The molecule has 0 aromatic carbocycles.